The second-order valence-corrected chi connectivity index (χ2v) is 6.17. The van der Waals surface area contributed by atoms with Gasteiger partial charge in [0.05, 0.1) is 0 Å². The molecule has 3 N–H and O–H groups in total. The van der Waals surface area contributed by atoms with E-state index < -0.39 is 0 Å². The van der Waals surface area contributed by atoms with E-state index in [4.69, 9.17) is 10.8 Å². The Morgan fingerprint density at radius 1 is 1.17 bits per heavy atom. The second-order valence-electron chi connectivity index (χ2n) is 6.17. The van der Waals surface area contributed by atoms with Crippen LogP contribution in [0.15, 0.2) is 0 Å². The highest BCUT2D eigenvalue weighted by Crippen LogP contribution is 2.35. The molecule has 3 nitrogen and oxygen atoms in total. The van der Waals surface area contributed by atoms with Crippen LogP contribution in [0.3, 0.4) is 0 Å². The summed E-state index contributed by atoms with van der Waals surface area (Å²) in [7, 11) is 2.24. The molecule has 0 unspecified atom stereocenters. The first kappa shape index (κ1) is 15.9. The maximum Gasteiger partial charge on any atom is 0.0431 e. The predicted molar refractivity (Wildman–Crippen MR) is 77.6 cm³/mol. The number of nitrogens with zero attached hydrogens (tertiary/aromatic N) is 1. The molecule has 1 rings (SSSR count). The normalized spacial score (nSPS) is 28.8. The molecule has 0 atom stereocenters. The van der Waals surface area contributed by atoms with Crippen LogP contribution in [0.4, 0.5) is 0 Å². The molecule has 0 amide bonds. The smallest absolute Gasteiger partial charge is 0.0431 e. The van der Waals surface area contributed by atoms with Crippen molar-refractivity contribution in [2.45, 2.75) is 63.8 Å². The van der Waals surface area contributed by atoms with Crippen molar-refractivity contribution >= 4 is 0 Å². The van der Waals surface area contributed by atoms with Crippen LogP contribution in [0.25, 0.3) is 0 Å². The van der Waals surface area contributed by atoms with Crippen molar-refractivity contribution < 1.29 is 5.11 Å². The fraction of sp³-hybridized carbons (Fsp3) is 1.00. The molecule has 0 radical (unpaired) electrons. The van der Waals surface area contributed by atoms with Crippen molar-refractivity contribution in [2.75, 3.05) is 26.7 Å². The van der Waals surface area contributed by atoms with Crippen LogP contribution in [0.1, 0.15) is 58.3 Å². The van der Waals surface area contributed by atoms with E-state index >= 15 is 0 Å². The summed E-state index contributed by atoms with van der Waals surface area (Å²) in [6, 6.07) is 0. The zero-order valence-corrected chi connectivity index (χ0v) is 12.3. The van der Waals surface area contributed by atoms with Gasteiger partial charge < -0.3 is 10.8 Å². The number of aliphatic hydroxyl groups is 1. The number of aliphatic hydroxyl groups excluding tert-OH is 1. The van der Waals surface area contributed by atoms with Gasteiger partial charge in [0.1, 0.15) is 0 Å². The summed E-state index contributed by atoms with van der Waals surface area (Å²) in [5.41, 5.74) is 6.33. The molecular formula is C15H32N2O. The van der Waals surface area contributed by atoms with Crippen LogP contribution in [-0.2, 0) is 0 Å². The van der Waals surface area contributed by atoms with E-state index in [-0.39, 0.29) is 5.54 Å². The molecule has 0 aliphatic heterocycles. The zero-order valence-electron chi connectivity index (χ0n) is 12.3. The Morgan fingerprint density at radius 2 is 1.78 bits per heavy atom. The highest BCUT2D eigenvalue weighted by molar-refractivity contribution is 4.94. The van der Waals surface area contributed by atoms with Gasteiger partial charge in [-0.15, -0.1) is 0 Å². The van der Waals surface area contributed by atoms with Gasteiger partial charge in [-0.05, 0) is 58.0 Å². The first-order valence-corrected chi connectivity index (χ1v) is 7.67. The lowest BCUT2D eigenvalue weighted by atomic mass is 9.76. The molecule has 3 heteroatoms. The monoisotopic (exact) mass is 256 g/mol. The van der Waals surface area contributed by atoms with Crippen LogP contribution in [0, 0.1) is 5.92 Å². The highest BCUT2D eigenvalue weighted by atomic mass is 16.2. The van der Waals surface area contributed by atoms with Gasteiger partial charge in [-0.3, -0.25) is 4.90 Å². The lowest BCUT2D eigenvalue weighted by molar-refractivity contribution is 0.0663. The molecule has 0 aromatic carbocycles. The quantitative estimate of drug-likeness (QED) is 0.656. The number of hydrogen-bond donors (Lipinski definition) is 2. The van der Waals surface area contributed by atoms with Crippen molar-refractivity contribution in [3.8, 4) is 0 Å². The molecule has 1 fully saturated rings. The Labute approximate surface area is 113 Å². The van der Waals surface area contributed by atoms with Crippen molar-refractivity contribution in [2.24, 2.45) is 11.7 Å². The summed E-state index contributed by atoms with van der Waals surface area (Å²) in [6.45, 7) is 4.64. The predicted octanol–water partition coefficient (Wildman–Crippen LogP) is 2.38. The lowest BCUT2D eigenvalue weighted by Gasteiger charge is -2.45. The SMILES string of the molecule is CC1CCC(CN)(N(C)CCCCCCO)CC1. The summed E-state index contributed by atoms with van der Waals surface area (Å²) in [6.07, 6.45) is 9.73. The minimum absolute atomic E-state index is 0.267. The number of unbranched alkanes of at least 4 members (excludes halogenated alkanes) is 3. The molecule has 0 spiro atoms. The summed E-state index contributed by atoms with van der Waals surface area (Å²) in [5.74, 6) is 0.877. The van der Waals surface area contributed by atoms with Crippen LogP contribution in [-0.4, -0.2) is 42.3 Å². The lowest BCUT2D eigenvalue weighted by Crippen LogP contribution is -2.54. The molecule has 0 saturated heterocycles. The third-order valence-corrected chi connectivity index (χ3v) is 4.80. The molecular weight excluding hydrogens is 224 g/mol. The molecule has 1 saturated carbocycles. The molecule has 0 aromatic heterocycles. The van der Waals surface area contributed by atoms with Crippen molar-refractivity contribution in [3.05, 3.63) is 0 Å². The maximum absolute atomic E-state index is 8.76. The van der Waals surface area contributed by atoms with Crippen LogP contribution >= 0.6 is 0 Å². The molecule has 108 valence electrons. The first-order valence-electron chi connectivity index (χ1n) is 7.67. The van der Waals surface area contributed by atoms with Crippen LogP contribution in [0.5, 0.6) is 0 Å². The van der Waals surface area contributed by atoms with E-state index in [2.05, 4.69) is 18.9 Å². The summed E-state index contributed by atoms with van der Waals surface area (Å²) in [5, 5.41) is 8.76. The third-order valence-electron chi connectivity index (χ3n) is 4.80. The van der Waals surface area contributed by atoms with E-state index in [0.717, 1.165) is 31.8 Å². The molecule has 0 bridgehead atoms. The minimum Gasteiger partial charge on any atom is -0.396 e. The number of likely N-dealkylation sites (N-methyl/N-ethyl adjacent to an activating group) is 1. The van der Waals surface area contributed by atoms with Crippen molar-refractivity contribution in [1.82, 2.24) is 4.90 Å². The number of rotatable bonds is 8. The summed E-state index contributed by atoms with van der Waals surface area (Å²) < 4.78 is 0. The average molecular weight is 256 g/mol. The summed E-state index contributed by atoms with van der Waals surface area (Å²) in [4.78, 5) is 2.51. The Hall–Kier alpha value is -0.120. The Kier molecular flexibility index (Phi) is 7.20. The molecule has 0 heterocycles. The van der Waals surface area contributed by atoms with Gasteiger partial charge >= 0.3 is 0 Å². The van der Waals surface area contributed by atoms with Gasteiger partial charge in [-0.1, -0.05) is 19.8 Å². The van der Waals surface area contributed by atoms with Gasteiger partial charge in [-0.25, -0.2) is 0 Å². The number of hydrogen-bond acceptors (Lipinski definition) is 3. The average Bonchev–Trinajstić information content (AvgIpc) is 2.39. The van der Waals surface area contributed by atoms with Gasteiger partial charge in [0, 0.05) is 18.7 Å². The van der Waals surface area contributed by atoms with Crippen molar-refractivity contribution in [1.29, 1.82) is 0 Å². The van der Waals surface area contributed by atoms with E-state index in [0.29, 0.717) is 6.61 Å². The van der Waals surface area contributed by atoms with Crippen molar-refractivity contribution in [3.63, 3.8) is 0 Å². The minimum atomic E-state index is 0.267. The second kappa shape index (κ2) is 8.13. The largest absolute Gasteiger partial charge is 0.396 e. The molecule has 0 aromatic rings. The Morgan fingerprint density at radius 3 is 2.33 bits per heavy atom. The number of nitrogens with two attached hydrogens (primary N) is 1. The topological polar surface area (TPSA) is 49.5 Å². The van der Waals surface area contributed by atoms with Gasteiger partial charge in [-0.2, -0.15) is 0 Å². The zero-order chi connectivity index (χ0) is 13.4. The Bertz CT molecular complexity index is 213. The fourth-order valence-corrected chi connectivity index (χ4v) is 3.09. The highest BCUT2D eigenvalue weighted by Gasteiger charge is 2.36. The first-order chi connectivity index (χ1) is 8.64. The molecule has 18 heavy (non-hydrogen) atoms. The van der Waals surface area contributed by atoms with Gasteiger partial charge in [0.2, 0.25) is 0 Å². The maximum atomic E-state index is 8.76. The van der Waals surface area contributed by atoms with Crippen LogP contribution in [0.2, 0.25) is 0 Å². The standard InChI is InChI=1S/C15H32N2O/c1-14-7-9-15(13-16,10-8-14)17(2)11-5-3-4-6-12-18/h14,18H,3-13,16H2,1-2H3. The Balaban J connectivity index is 2.30. The molecule has 1 aliphatic carbocycles. The van der Waals surface area contributed by atoms with Crippen LogP contribution < -0.4 is 5.73 Å². The third kappa shape index (κ3) is 4.52. The molecule has 1 aliphatic rings. The van der Waals surface area contributed by atoms with E-state index in [1.807, 2.05) is 0 Å². The van der Waals surface area contributed by atoms with Gasteiger partial charge in [0.25, 0.3) is 0 Å². The van der Waals surface area contributed by atoms with E-state index in [1.165, 1.54) is 38.5 Å². The van der Waals surface area contributed by atoms with Gasteiger partial charge in [0.15, 0.2) is 0 Å². The van der Waals surface area contributed by atoms with E-state index in [9.17, 15) is 0 Å². The van der Waals surface area contributed by atoms with E-state index in [1.54, 1.807) is 0 Å². The fourth-order valence-electron chi connectivity index (χ4n) is 3.09. The summed E-state index contributed by atoms with van der Waals surface area (Å²) >= 11 is 0.